The number of nitrogens with one attached hydrogen (secondary N) is 1. The fourth-order valence-electron chi connectivity index (χ4n) is 1.91. The summed E-state index contributed by atoms with van der Waals surface area (Å²) in [5.41, 5.74) is 0. The summed E-state index contributed by atoms with van der Waals surface area (Å²) in [6, 6.07) is 2.97. The van der Waals surface area contributed by atoms with Gasteiger partial charge in [0.25, 0.3) is 0 Å². The highest BCUT2D eigenvalue weighted by Crippen LogP contribution is 2.30. The Balaban J connectivity index is 3.17. The molecular weight excluding hydrogens is 322 g/mol. The lowest BCUT2D eigenvalue weighted by Gasteiger charge is -2.18. The highest BCUT2D eigenvalue weighted by Gasteiger charge is 2.28. The molecule has 0 saturated carbocycles. The number of benzene rings is 1. The minimum absolute atomic E-state index is 0.0729. The largest absolute Gasteiger partial charge is 0.490 e. The summed E-state index contributed by atoms with van der Waals surface area (Å²) < 4.78 is 37.8. The van der Waals surface area contributed by atoms with Gasteiger partial charge < -0.3 is 14.6 Å². The molecule has 0 unspecified atom stereocenters. The molecule has 1 atom stereocenters. The molecule has 2 N–H and O–H groups in total. The van der Waals surface area contributed by atoms with E-state index in [1.807, 2.05) is 6.92 Å². The summed E-state index contributed by atoms with van der Waals surface area (Å²) in [5, 5.41) is 9.14. The lowest BCUT2D eigenvalue weighted by atomic mass is 10.1. The number of carbonyl (C=O) groups is 1. The maximum absolute atomic E-state index is 12.4. The minimum Gasteiger partial charge on any atom is -0.490 e. The molecule has 0 aromatic heterocycles. The monoisotopic (exact) mass is 345 g/mol. The predicted octanol–water partition coefficient (Wildman–Crippen LogP) is 1.87. The third kappa shape index (κ3) is 5.11. The molecule has 0 radical (unpaired) electrons. The van der Waals surface area contributed by atoms with Gasteiger partial charge in [-0.2, -0.15) is 4.72 Å². The number of hydrogen-bond donors (Lipinski definition) is 2. The van der Waals surface area contributed by atoms with Crippen molar-refractivity contribution in [2.24, 2.45) is 5.92 Å². The predicted molar refractivity (Wildman–Crippen MR) is 85.4 cm³/mol. The molecule has 1 aromatic rings. The summed E-state index contributed by atoms with van der Waals surface area (Å²) in [6.45, 7) is 7.60. The summed E-state index contributed by atoms with van der Waals surface area (Å²) in [5.74, 6) is -0.878. The summed E-state index contributed by atoms with van der Waals surface area (Å²) in [4.78, 5) is 11.1. The Labute approximate surface area is 136 Å². The molecule has 8 heteroatoms. The average Bonchev–Trinajstić information content (AvgIpc) is 2.46. The molecule has 0 spiro atoms. The van der Waals surface area contributed by atoms with E-state index in [4.69, 9.17) is 14.6 Å². The Morgan fingerprint density at radius 1 is 1.17 bits per heavy atom. The average molecular weight is 345 g/mol. The van der Waals surface area contributed by atoms with Crippen LogP contribution in [0.4, 0.5) is 0 Å². The van der Waals surface area contributed by atoms with Crippen molar-refractivity contribution in [3.63, 3.8) is 0 Å². The van der Waals surface area contributed by atoms with Gasteiger partial charge in [0.15, 0.2) is 11.5 Å². The van der Waals surface area contributed by atoms with Crippen LogP contribution in [0, 0.1) is 5.92 Å². The van der Waals surface area contributed by atoms with Crippen LogP contribution < -0.4 is 14.2 Å². The quantitative estimate of drug-likeness (QED) is 0.708. The van der Waals surface area contributed by atoms with E-state index in [2.05, 4.69) is 4.72 Å². The van der Waals surface area contributed by atoms with E-state index in [1.54, 1.807) is 20.8 Å². The van der Waals surface area contributed by atoms with E-state index in [1.165, 1.54) is 18.2 Å². The maximum Gasteiger partial charge on any atom is 0.322 e. The molecule has 1 rings (SSSR count). The Bertz CT molecular complexity index is 641. The van der Waals surface area contributed by atoms with E-state index >= 15 is 0 Å². The Hall–Kier alpha value is -1.80. The number of carboxylic acids is 1. The molecule has 0 heterocycles. The number of aliphatic carboxylic acids is 1. The molecule has 130 valence electrons. The number of ether oxygens (including phenoxy) is 2. The summed E-state index contributed by atoms with van der Waals surface area (Å²) in [7, 11) is -3.99. The maximum atomic E-state index is 12.4. The third-order valence-electron chi connectivity index (χ3n) is 3.04. The highest BCUT2D eigenvalue weighted by molar-refractivity contribution is 7.89. The van der Waals surface area contributed by atoms with E-state index in [0.29, 0.717) is 24.7 Å². The molecule has 0 aliphatic heterocycles. The van der Waals surface area contributed by atoms with Crippen LogP contribution in [0.25, 0.3) is 0 Å². The third-order valence-corrected chi connectivity index (χ3v) is 4.48. The van der Waals surface area contributed by atoms with Crippen molar-refractivity contribution in [2.75, 3.05) is 13.2 Å². The van der Waals surface area contributed by atoms with Gasteiger partial charge in [-0.15, -0.1) is 0 Å². The molecule has 23 heavy (non-hydrogen) atoms. The number of hydrogen-bond acceptors (Lipinski definition) is 5. The van der Waals surface area contributed by atoms with Crippen LogP contribution in [-0.2, 0) is 14.8 Å². The zero-order valence-electron chi connectivity index (χ0n) is 13.7. The molecular formula is C15H23NO6S. The van der Waals surface area contributed by atoms with Crippen molar-refractivity contribution in [3.05, 3.63) is 18.2 Å². The standard InChI is InChI=1S/C15H23NO6S/c1-5-21-12-8-7-11(9-13(12)22-6-2)23(19,20)16-14(10(3)4)15(17)18/h7-10,14,16H,5-6H2,1-4H3,(H,17,18)/t14-/m1/s1. The topological polar surface area (TPSA) is 102 Å². The van der Waals surface area contributed by atoms with E-state index in [0.717, 1.165) is 0 Å². The molecule has 0 amide bonds. The Kier molecular flexibility index (Phi) is 6.83. The minimum atomic E-state index is -3.99. The fraction of sp³-hybridized carbons (Fsp3) is 0.533. The molecule has 0 aliphatic carbocycles. The van der Waals surface area contributed by atoms with Gasteiger partial charge in [-0.3, -0.25) is 4.79 Å². The molecule has 0 aliphatic rings. The van der Waals surface area contributed by atoms with Crippen LogP contribution in [0.1, 0.15) is 27.7 Å². The van der Waals surface area contributed by atoms with Crippen LogP contribution in [0.5, 0.6) is 11.5 Å². The second-order valence-electron chi connectivity index (χ2n) is 5.16. The van der Waals surface area contributed by atoms with Crippen molar-refractivity contribution in [3.8, 4) is 11.5 Å². The van der Waals surface area contributed by atoms with Gasteiger partial charge in [-0.1, -0.05) is 13.8 Å². The Morgan fingerprint density at radius 3 is 2.22 bits per heavy atom. The number of carboxylic acid groups (broad SMARTS) is 1. The van der Waals surface area contributed by atoms with Crippen molar-refractivity contribution in [1.29, 1.82) is 0 Å². The normalized spacial score (nSPS) is 12.9. The fourth-order valence-corrected chi connectivity index (χ4v) is 3.26. The lowest BCUT2D eigenvalue weighted by molar-refractivity contribution is -0.140. The van der Waals surface area contributed by atoms with Crippen molar-refractivity contribution in [2.45, 2.75) is 38.6 Å². The summed E-state index contributed by atoms with van der Waals surface area (Å²) >= 11 is 0. The van der Waals surface area contributed by atoms with Crippen molar-refractivity contribution >= 4 is 16.0 Å². The van der Waals surface area contributed by atoms with E-state index in [-0.39, 0.29) is 4.90 Å². The second-order valence-corrected chi connectivity index (χ2v) is 6.87. The zero-order chi connectivity index (χ0) is 17.6. The molecule has 1 aromatic carbocycles. The second kappa shape index (κ2) is 8.16. The van der Waals surface area contributed by atoms with Crippen LogP contribution in [-0.4, -0.2) is 38.7 Å². The first-order chi connectivity index (χ1) is 10.7. The van der Waals surface area contributed by atoms with Crippen LogP contribution in [0.15, 0.2) is 23.1 Å². The van der Waals surface area contributed by atoms with E-state index in [9.17, 15) is 13.2 Å². The number of rotatable bonds is 9. The molecule has 0 fully saturated rings. The van der Waals surface area contributed by atoms with Gasteiger partial charge in [0.2, 0.25) is 10.0 Å². The van der Waals surface area contributed by atoms with Gasteiger partial charge >= 0.3 is 5.97 Å². The van der Waals surface area contributed by atoms with Gasteiger partial charge in [0, 0.05) is 6.07 Å². The molecule has 0 bridgehead atoms. The summed E-state index contributed by atoms with van der Waals surface area (Å²) in [6.07, 6.45) is 0. The molecule has 7 nitrogen and oxygen atoms in total. The molecule has 0 saturated heterocycles. The van der Waals surface area contributed by atoms with Crippen LogP contribution in [0.2, 0.25) is 0 Å². The lowest BCUT2D eigenvalue weighted by Crippen LogP contribution is -2.44. The zero-order valence-corrected chi connectivity index (χ0v) is 14.5. The number of sulfonamides is 1. The van der Waals surface area contributed by atoms with Crippen LogP contribution in [0.3, 0.4) is 0 Å². The Morgan fingerprint density at radius 2 is 1.74 bits per heavy atom. The smallest absolute Gasteiger partial charge is 0.322 e. The first kappa shape index (κ1) is 19.2. The van der Waals surface area contributed by atoms with Gasteiger partial charge in [-0.25, -0.2) is 8.42 Å². The van der Waals surface area contributed by atoms with Gasteiger partial charge in [-0.05, 0) is 31.9 Å². The highest BCUT2D eigenvalue weighted by atomic mass is 32.2. The van der Waals surface area contributed by atoms with E-state index < -0.39 is 28.0 Å². The first-order valence-corrected chi connectivity index (χ1v) is 8.86. The van der Waals surface area contributed by atoms with Gasteiger partial charge in [0.1, 0.15) is 6.04 Å². The van der Waals surface area contributed by atoms with Crippen molar-refractivity contribution < 1.29 is 27.8 Å². The first-order valence-electron chi connectivity index (χ1n) is 7.37. The SMILES string of the molecule is CCOc1ccc(S(=O)(=O)N[C@@H](C(=O)O)C(C)C)cc1OCC. The van der Waals surface area contributed by atoms with Crippen molar-refractivity contribution in [1.82, 2.24) is 4.72 Å². The van der Waals surface area contributed by atoms with Crippen LogP contribution >= 0.6 is 0 Å². The van der Waals surface area contributed by atoms with Gasteiger partial charge in [0.05, 0.1) is 18.1 Å².